The summed E-state index contributed by atoms with van der Waals surface area (Å²) in [6, 6.07) is 11.0. The third-order valence-electron chi connectivity index (χ3n) is 4.90. The van der Waals surface area contributed by atoms with Gasteiger partial charge in [0.05, 0.1) is 10.9 Å². The number of carbonyl (C=O) groups is 3. The van der Waals surface area contributed by atoms with E-state index >= 15 is 0 Å². The summed E-state index contributed by atoms with van der Waals surface area (Å²) in [4.78, 5) is 38.3. The van der Waals surface area contributed by atoms with Gasteiger partial charge in [-0.2, -0.15) is 0 Å². The molecule has 1 aromatic carbocycles. The molecule has 0 spiro atoms. The van der Waals surface area contributed by atoms with E-state index in [-0.39, 0.29) is 23.8 Å². The first kappa shape index (κ1) is 21.0. The zero-order valence-corrected chi connectivity index (χ0v) is 17.0. The molecule has 3 amide bonds. The fourth-order valence-corrected chi connectivity index (χ4v) is 4.13. The van der Waals surface area contributed by atoms with Crippen LogP contribution in [-0.4, -0.2) is 41.8 Å². The number of rotatable bonds is 9. The number of nitrogens with zero attached hydrogens (tertiary/aromatic N) is 1. The van der Waals surface area contributed by atoms with Gasteiger partial charge >= 0.3 is 0 Å². The SMILES string of the molecule is NC(=O)C1CCCN1Cc1cccc(NC(=O)CCCNC(=O)c2cccs2)c1. The molecule has 1 aliphatic heterocycles. The fourth-order valence-electron chi connectivity index (χ4n) is 3.49. The maximum absolute atomic E-state index is 12.2. The summed E-state index contributed by atoms with van der Waals surface area (Å²) < 4.78 is 0. The van der Waals surface area contributed by atoms with E-state index in [9.17, 15) is 14.4 Å². The highest BCUT2D eigenvalue weighted by atomic mass is 32.1. The van der Waals surface area contributed by atoms with Crippen LogP contribution in [0.4, 0.5) is 5.69 Å². The standard InChI is InChI=1S/C21H26N4O3S/c22-20(27)17-7-3-11-25(17)14-15-5-1-6-16(13-15)24-19(26)9-2-10-23-21(28)18-8-4-12-29-18/h1,4-6,8,12-13,17H,2-3,7,9-11,14H2,(H2,22,27)(H,23,28)(H,24,26). The van der Waals surface area contributed by atoms with Crippen molar-refractivity contribution in [3.05, 3.63) is 52.2 Å². The van der Waals surface area contributed by atoms with E-state index in [1.807, 2.05) is 35.7 Å². The molecule has 154 valence electrons. The van der Waals surface area contributed by atoms with E-state index in [2.05, 4.69) is 15.5 Å². The van der Waals surface area contributed by atoms with Crippen LogP contribution >= 0.6 is 11.3 Å². The van der Waals surface area contributed by atoms with Crippen LogP contribution in [0, 0.1) is 0 Å². The number of anilines is 1. The molecular formula is C21H26N4O3S. The molecule has 8 heteroatoms. The Morgan fingerprint density at radius 3 is 2.83 bits per heavy atom. The van der Waals surface area contributed by atoms with Gasteiger partial charge in [0.25, 0.3) is 5.91 Å². The minimum Gasteiger partial charge on any atom is -0.368 e. The van der Waals surface area contributed by atoms with E-state index in [4.69, 9.17) is 5.73 Å². The Balaban J connectivity index is 1.43. The molecule has 1 atom stereocenters. The first-order valence-corrected chi connectivity index (χ1v) is 10.6. The Kier molecular flexibility index (Phi) is 7.37. The third kappa shape index (κ3) is 6.13. The second-order valence-corrected chi connectivity index (χ2v) is 8.06. The number of amides is 3. The van der Waals surface area contributed by atoms with Gasteiger partial charge in [0.2, 0.25) is 11.8 Å². The van der Waals surface area contributed by atoms with Gasteiger partial charge in [-0.3, -0.25) is 19.3 Å². The quantitative estimate of drug-likeness (QED) is 0.548. The summed E-state index contributed by atoms with van der Waals surface area (Å²) in [5.74, 6) is -0.480. The number of primary amides is 1. The molecular weight excluding hydrogens is 388 g/mol. The van der Waals surface area contributed by atoms with Crippen LogP contribution in [0.2, 0.25) is 0 Å². The van der Waals surface area contributed by atoms with Crippen LogP contribution < -0.4 is 16.4 Å². The van der Waals surface area contributed by atoms with Gasteiger partial charge in [-0.05, 0) is 54.9 Å². The van der Waals surface area contributed by atoms with Gasteiger partial charge in [-0.25, -0.2) is 0 Å². The van der Waals surface area contributed by atoms with Gasteiger partial charge in [0, 0.05) is 25.2 Å². The van der Waals surface area contributed by atoms with Crippen molar-refractivity contribution >= 4 is 34.7 Å². The minimum atomic E-state index is -0.280. The molecule has 2 aromatic rings. The lowest BCUT2D eigenvalue weighted by atomic mass is 10.1. The molecule has 1 aliphatic rings. The molecule has 3 rings (SSSR count). The van der Waals surface area contributed by atoms with Crippen LogP contribution in [0.5, 0.6) is 0 Å². The highest BCUT2D eigenvalue weighted by Gasteiger charge is 2.28. The molecule has 29 heavy (non-hydrogen) atoms. The summed E-state index contributed by atoms with van der Waals surface area (Å²) in [6.07, 6.45) is 2.66. The molecule has 4 N–H and O–H groups in total. The van der Waals surface area contributed by atoms with Crippen LogP contribution in [0.3, 0.4) is 0 Å². The Bertz CT molecular complexity index is 853. The van der Waals surface area contributed by atoms with Crippen molar-refractivity contribution in [2.75, 3.05) is 18.4 Å². The van der Waals surface area contributed by atoms with Crippen molar-refractivity contribution in [1.82, 2.24) is 10.2 Å². The van der Waals surface area contributed by atoms with E-state index in [0.717, 1.165) is 30.6 Å². The summed E-state index contributed by atoms with van der Waals surface area (Å²) >= 11 is 1.39. The molecule has 1 unspecified atom stereocenters. The summed E-state index contributed by atoms with van der Waals surface area (Å²) in [6.45, 7) is 1.93. The van der Waals surface area contributed by atoms with Gasteiger partial charge in [0.15, 0.2) is 0 Å². The Morgan fingerprint density at radius 1 is 1.21 bits per heavy atom. The average molecular weight is 415 g/mol. The number of benzene rings is 1. The number of hydrogen-bond donors (Lipinski definition) is 3. The number of carbonyl (C=O) groups excluding carboxylic acids is 3. The van der Waals surface area contributed by atoms with Gasteiger partial charge in [0.1, 0.15) is 0 Å². The third-order valence-corrected chi connectivity index (χ3v) is 5.77. The lowest BCUT2D eigenvalue weighted by Crippen LogP contribution is -2.39. The number of likely N-dealkylation sites (tertiary alicyclic amines) is 1. The van der Waals surface area contributed by atoms with Gasteiger partial charge < -0.3 is 16.4 Å². The Hall–Kier alpha value is -2.71. The molecule has 1 saturated heterocycles. The molecule has 0 aliphatic carbocycles. The lowest BCUT2D eigenvalue weighted by Gasteiger charge is -2.22. The zero-order valence-electron chi connectivity index (χ0n) is 16.2. The molecule has 0 saturated carbocycles. The van der Waals surface area contributed by atoms with Crippen molar-refractivity contribution < 1.29 is 14.4 Å². The number of nitrogens with two attached hydrogens (primary N) is 1. The molecule has 0 radical (unpaired) electrons. The van der Waals surface area contributed by atoms with Crippen molar-refractivity contribution in [2.45, 2.75) is 38.3 Å². The first-order chi connectivity index (χ1) is 14.0. The van der Waals surface area contributed by atoms with Gasteiger partial charge in [-0.1, -0.05) is 18.2 Å². The van der Waals surface area contributed by atoms with Crippen molar-refractivity contribution in [3.8, 4) is 0 Å². The Labute approximate surface area is 174 Å². The summed E-state index contributed by atoms with van der Waals surface area (Å²) in [5, 5.41) is 7.57. The highest BCUT2D eigenvalue weighted by Crippen LogP contribution is 2.21. The predicted molar refractivity (Wildman–Crippen MR) is 114 cm³/mol. The average Bonchev–Trinajstić information content (AvgIpc) is 3.37. The largest absolute Gasteiger partial charge is 0.368 e. The van der Waals surface area contributed by atoms with Crippen molar-refractivity contribution in [2.24, 2.45) is 5.73 Å². The van der Waals surface area contributed by atoms with Gasteiger partial charge in [-0.15, -0.1) is 11.3 Å². The molecule has 1 fully saturated rings. The second kappa shape index (κ2) is 10.2. The smallest absolute Gasteiger partial charge is 0.261 e. The van der Waals surface area contributed by atoms with E-state index in [0.29, 0.717) is 30.8 Å². The first-order valence-electron chi connectivity index (χ1n) is 9.77. The maximum Gasteiger partial charge on any atom is 0.261 e. The summed E-state index contributed by atoms with van der Waals surface area (Å²) in [5.41, 5.74) is 7.23. The minimum absolute atomic E-state index is 0.0938. The molecule has 0 bridgehead atoms. The topological polar surface area (TPSA) is 105 Å². The van der Waals surface area contributed by atoms with E-state index < -0.39 is 0 Å². The number of hydrogen-bond acceptors (Lipinski definition) is 5. The maximum atomic E-state index is 12.2. The van der Waals surface area contributed by atoms with Crippen molar-refractivity contribution in [1.29, 1.82) is 0 Å². The zero-order chi connectivity index (χ0) is 20.6. The van der Waals surface area contributed by atoms with E-state index in [1.165, 1.54) is 11.3 Å². The van der Waals surface area contributed by atoms with Crippen LogP contribution in [0.25, 0.3) is 0 Å². The fraction of sp³-hybridized carbons (Fsp3) is 0.381. The van der Waals surface area contributed by atoms with Crippen molar-refractivity contribution in [3.63, 3.8) is 0 Å². The number of thiophene rings is 1. The molecule has 1 aromatic heterocycles. The van der Waals surface area contributed by atoms with Crippen LogP contribution in [0.15, 0.2) is 41.8 Å². The molecule has 7 nitrogen and oxygen atoms in total. The second-order valence-electron chi connectivity index (χ2n) is 7.12. The summed E-state index contributed by atoms with van der Waals surface area (Å²) in [7, 11) is 0. The Morgan fingerprint density at radius 2 is 2.07 bits per heavy atom. The van der Waals surface area contributed by atoms with E-state index in [1.54, 1.807) is 6.07 Å². The normalized spacial score (nSPS) is 16.5. The molecule has 2 heterocycles. The number of nitrogens with one attached hydrogen (secondary N) is 2. The van der Waals surface area contributed by atoms with Crippen LogP contribution in [-0.2, 0) is 16.1 Å². The highest BCUT2D eigenvalue weighted by molar-refractivity contribution is 7.12. The van der Waals surface area contributed by atoms with Crippen LogP contribution in [0.1, 0.15) is 40.9 Å². The lowest BCUT2D eigenvalue weighted by molar-refractivity contribution is -0.122. The monoisotopic (exact) mass is 414 g/mol. The predicted octanol–water partition coefficient (Wildman–Crippen LogP) is 2.35.